The Kier molecular flexibility index (Phi) is 3.95. The number of hydrogen-bond donors (Lipinski definition) is 0. The number of rotatable bonds is 3. The Morgan fingerprint density at radius 1 is 1.42 bits per heavy atom. The van der Waals surface area contributed by atoms with E-state index < -0.39 is 0 Å². The summed E-state index contributed by atoms with van der Waals surface area (Å²) in [5.74, 6) is -0.430. The Morgan fingerprint density at radius 2 is 2.16 bits per heavy atom. The molecule has 0 aliphatic heterocycles. The summed E-state index contributed by atoms with van der Waals surface area (Å²) in [6, 6.07) is 4.22. The van der Waals surface area contributed by atoms with E-state index in [9.17, 15) is 9.18 Å². The molecule has 1 aromatic carbocycles. The second-order valence-corrected chi connectivity index (χ2v) is 5.42. The van der Waals surface area contributed by atoms with Crippen LogP contribution in [0.4, 0.5) is 4.39 Å². The van der Waals surface area contributed by atoms with Gasteiger partial charge in [-0.25, -0.2) is 9.37 Å². The number of thiazole rings is 1. The SMILES string of the molecule is Cc1cc(F)ccc1C(=O)N(C)Cc1scnc1C. The fraction of sp³-hybridized carbons (Fsp3) is 0.286. The Hall–Kier alpha value is -1.75. The maximum Gasteiger partial charge on any atom is 0.254 e. The molecule has 0 aliphatic rings. The molecule has 1 aromatic heterocycles. The number of nitrogens with zero attached hydrogens (tertiary/aromatic N) is 2. The predicted molar refractivity (Wildman–Crippen MR) is 73.8 cm³/mol. The summed E-state index contributed by atoms with van der Waals surface area (Å²) in [4.78, 5) is 19.2. The van der Waals surface area contributed by atoms with Crippen LogP contribution in [-0.2, 0) is 6.54 Å². The van der Waals surface area contributed by atoms with Crippen LogP contribution >= 0.6 is 11.3 Å². The van der Waals surface area contributed by atoms with E-state index in [1.165, 1.54) is 29.5 Å². The summed E-state index contributed by atoms with van der Waals surface area (Å²) in [6.45, 7) is 4.18. The second kappa shape index (κ2) is 5.48. The number of halogens is 1. The molecule has 0 fully saturated rings. The highest BCUT2D eigenvalue weighted by Crippen LogP contribution is 2.17. The summed E-state index contributed by atoms with van der Waals surface area (Å²) in [5, 5.41) is 0. The van der Waals surface area contributed by atoms with Crippen molar-refractivity contribution in [3.05, 3.63) is 51.2 Å². The van der Waals surface area contributed by atoms with Crippen molar-refractivity contribution in [2.45, 2.75) is 20.4 Å². The Morgan fingerprint density at radius 3 is 2.74 bits per heavy atom. The van der Waals surface area contributed by atoms with Gasteiger partial charge in [-0.05, 0) is 37.6 Å². The molecular formula is C14H15FN2OS. The topological polar surface area (TPSA) is 33.2 Å². The lowest BCUT2D eigenvalue weighted by molar-refractivity contribution is 0.0785. The summed E-state index contributed by atoms with van der Waals surface area (Å²) in [7, 11) is 1.74. The Balaban J connectivity index is 2.17. The summed E-state index contributed by atoms with van der Waals surface area (Å²) >= 11 is 1.53. The van der Waals surface area contributed by atoms with Gasteiger partial charge in [0.25, 0.3) is 5.91 Å². The van der Waals surface area contributed by atoms with Crippen LogP contribution in [0.3, 0.4) is 0 Å². The van der Waals surface area contributed by atoms with E-state index in [1.54, 1.807) is 24.4 Å². The lowest BCUT2D eigenvalue weighted by Crippen LogP contribution is -2.26. The van der Waals surface area contributed by atoms with Gasteiger partial charge in [-0.3, -0.25) is 4.79 Å². The number of benzene rings is 1. The highest BCUT2D eigenvalue weighted by molar-refractivity contribution is 7.09. The van der Waals surface area contributed by atoms with Gasteiger partial charge in [0.2, 0.25) is 0 Å². The molecule has 0 N–H and O–H groups in total. The number of hydrogen-bond acceptors (Lipinski definition) is 3. The molecule has 19 heavy (non-hydrogen) atoms. The van der Waals surface area contributed by atoms with E-state index in [-0.39, 0.29) is 11.7 Å². The third-order valence-electron chi connectivity index (χ3n) is 2.99. The summed E-state index contributed by atoms with van der Waals surface area (Å²) < 4.78 is 13.0. The standard InChI is InChI=1S/C14H15FN2OS/c1-9-6-11(15)4-5-12(9)14(18)17(3)7-13-10(2)16-8-19-13/h4-6,8H,7H2,1-3H3. The highest BCUT2D eigenvalue weighted by Gasteiger charge is 2.16. The van der Waals surface area contributed by atoms with Crippen molar-refractivity contribution in [3.63, 3.8) is 0 Å². The monoisotopic (exact) mass is 278 g/mol. The number of amides is 1. The first-order valence-corrected chi connectivity index (χ1v) is 6.77. The minimum absolute atomic E-state index is 0.106. The number of aryl methyl sites for hydroxylation is 2. The van der Waals surface area contributed by atoms with Crippen LogP contribution in [0.5, 0.6) is 0 Å². The lowest BCUT2D eigenvalue weighted by Gasteiger charge is -2.17. The first kappa shape index (κ1) is 13.7. The molecule has 2 aromatic rings. The molecule has 0 atom stereocenters. The Labute approximate surface area is 115 Å². The molecule has 1 amide bonds. The second-order valence-electron chi connectivity index (χ2n) is 4.48. The van der Waals surface area contributed by atoms with Crippen LogP contribution in [0.1, 0.15) is 26.5 Å². The molecule has 0 unspecified atom stereocenters. The predicted octanol–water partition coefficient (Wildman–Crippen LogP) is 3.17. The minimum Gasteiger partial charge on any atom is -0.336 e. The maximum atomic E-state index is 13.0. The molecule has 0 saturated heterocycles. The molecular weight excluding hydrogens is 263 g/mol. The van der Waals surface area contributed by atoms with Gasteiger partial charge in [0.05, 0.1) is 17.7 Å². The maximum absolute atomic E-state index is 13.0. The molecule has 0 radical (unpaired) electrons. The van der Waals surface area contributed by atoms with Gasteiger partial charge in [0.15, 0.2) is 0 Å². The van der Waals surface area contributed by atoms with Crippen LogP contribution in [-0.4, -0.2) is 22.8 Å². The molecule has 5 heteroatoms. The van der Waals surface area contributed by atoms with E-state index in [2.05, 4.69) is 4.98 Å². The lowest BCUT2D eigenvalue weighted by atomic mass is 10.1. The van der Waals surface area contributed by atoms with E-state index in [0.717, 1.165) is 10.6 Å². The first-order valence-electron chi connectivity index (χ1n) is 5.89. The van der Waals surface area contributed by atoms with Crippen molar-refractivity contribution in [1.82, 2.24) is 9.88 Å². The van der Waals surface area contributed by atoms with Gasteiger partial charge in [0, 0.05) is 17.5 Å². The fourth-order valence-corrected chi connectivity index (χ4v) is 2.67. The number of aromatic nitrogens is 1. The number of carbonyl (C=O) groups is 1. The van der Waals surface area contributed by atoms with Crippen LogP contribution in [0.2, 0.25) is 0 Å². The minimum atomic E-state index is -0.324. The molecule has 0 spiro atoms. The molecule has 0 bridgehead atoms. The van der Waals surface area contributed by atoms with Crippen LogP contribution in [0.15, 0.2) is 23.7 Å². The van der Waals surface area contributed by atoms with Crippen LogP contribution in [0, 0.1) is 19.7 Å². The normalized spacial score (nSPS) is 10.5. The molecule has 1 heterocycles. The van der Waals surface area contributed by atoms with Crippen molar-refractivity contribution >= 4 is 17.2 Å². The van der Waals surface area contributed by atoms with Gasteiger partial charge in [-0.2, -0.15) is 0 Å². The van der Waals surface area contributed by atoms with E-state index in [4.69, 9.17) is 0 Å². The summed E-state index contributed by atoms with van der Waals surface area (Å²) in [6.07, 6.45) is 0. The van der Waals surface area contributed by atoms with E-state index >= 15 is 0 Å². The van der Waals surface area contributed by atoms with Crippen LogP contribution < -0.4 is 0 Å². The molecule has 100 valence electrons. The van der Waals surface area contributed by atoms with Crippen molar-refractivity contribution in [3.8, 4) is 0 Å². The largest absolute Gasteiger partial charge is 0.336 e. The molecule has 0 aliphatic carbocycles. The summed E-state index contributed by atoms with van der Waals surface area (Å²) in [5.41, 5.74) is 3.90. The van der Waals surface area contributed by atoms with Crippen molar-refractivity contribution in [1.29, 1.82) is 0 Å². The molecule has 2 rings (SSSR count). The van der Waals surface area contributed by atoms with Gasteiger partial charge in [0.1, 0.15) is 5.82 Å². The zero-order valence-corrected chi connectivity index (χ0v) is 11.9. The van der Waals surface area contributed by atoms with Gasteiger partial charge in [-0.15, -0.1) is 11.3 Å². The highest BCUT2D eigenvalue weighted by atomic mass is 32.1. The van der Waals surface area contributed by atoms with E-state index in [0.29, 0.717) is 17.7 Å². The van der Waals surface area contributed by atoms with Gasteiger partial charge < -0.3 is 4.90 Å². The van der Waals surface area contributed by atoms with Crippen LogP contribution in [0.25, 0.3) is 0 Å². The molecule has 0 saturated carbocycles. The van der Waals surface area contributed by atoms with Crippen molar-refractivity contribution in [2.75, 3.05) is 7.05 Å². The third-order valence-corrected chi connectivity index (χ3v) is 3.91. The average Bonchev–Trinajstić information content (AvgIpc) is 2.74. The third kappa shape index (κ3) is 2.98. The first-order chi connectivity index (χ1) is 8.99. The van der Waals surface area contributed by atoms with Crippen molar-refractivity contribution in [2.24, 2.45) is 0 Å². The fourth-order valence-electron chi connectivity index (χ4n) is 1.84. The zero-order valence-electron chi connectivity index (χ0n) is 11.1. The van der Waals surface area contributed by atoms with Crippen molar-refractivity contribution < 1.29 is 9.18 Å². The smallest absolute Gasteiger partial charge is 0.254 e. The quantitative estimate of drug-likeness (QED) is 0.864. The van der Waals surface area contributed by atoms with E-state index in [1.807, 2.05) is 6.92 Å². The molecule has 3 nitrogen and oxygen atoms in total. The van der Waals surface area contributed by atoms with Gasteiger partial charge in [-0.1, -0.05) is 0 Å². The Bertz CT molecular complexity index is 609. The van der Waals surface area contributed by atoms with Gasteiger partial charge >= 0.3 is 0 Å². The zero-order chi connectivity index (χ0) is 14.0. The number of carbonyl (C=O) groups excluding carboxylic acids is 1. The average molecular weight is 278 g/mol.